The standard InChI is InChI=1S/C23H27N9O2/c1-14(2)23(3,16-5-6-17(25-11-16)15-9-28-22(24)29-10-15)21-30-20(34-31-21)18-12-27-19(13-26-18)32(4)7-8-33/h5-6,9-14,33H,7-8H2,1-4H3,(H2,24,28,29)/t23-/m1/s1. The molecule has 176 valence electrons. The highest BCUT2D eigenvalue weighted by Gasteiger charge is 2.38. The number of aromatic nitrogens is 7. The molecule has 1 atom stereocenters. The Kier molecular flexibility index (Phi) is 6.46. The van der Waals surface area contributed by atoms with Crippen LogP contribution in [0.2, 0.25) is 0 Å². The zero-order valence-corrected chi connectivity index (χ0v) is 19.5. The van der Waals surface area contributed by atoms with Gasteiger partial charge in [-0.25, -0.2) is 19.9 Å². The van der Waals surface area contributed by atoms with Crippen molar-refractivity contribution in [2.45, 2.75) is 26.2 Å². The molecular weight excluding hydrogens is 434 g/mol. The lowest BCUT2D eigenvalue weighted by Gasteiger charge is -2.30. The summed E-state index contributed by atoms with van der Waals surface area (Å²) in [6.45, 7) is 6.76. The van der Waals surface area contributed by atoms with Crippen LogP contribution in [0.4, 0.5) is 11.8 Å². The summed E-state index contributed by atoms with van der Waals surface area (Å²) < 4.78 is 5.55. The van der Waals surface area contributed by atoms with Crippen LogP contribution in [0.5, 0.6) is 0 Å². The molecule has 4 heterocycles. The number of nitrogen functional groups attached to an aromatic ring is 1. The summed E-state index contributed by atoms with van der Waals surface area (Å²) in [6.07, 6.45) is 8.29. The topological polar surface area (TPSA) is 153 Å². The predicted molar refractivity (Wildman–Crippen MR) is 127 cm³/mol. The monoisotopic (exact) mass is 461 g/mol. The molecule has 0 unspecified atom stereocenters. The van der Waals surface area contributed by atoms with Gasteiger partial charge in [0.2, 0.25) is 5.95 Å². The van der Waals surface area contributed by atoms with Crippen LogP contribution in [0.1, 0.15) is 32.2 Å². The van der Waals surface area contributed by atoms with E-state index in [0.717, 1.165) is 16.8 Å². The van der Waals surface area contributed by atoms with E-state index in [9.17, 15) is 0 Å². The third kappa shape index (κ3) is 4.42. The van der Waals surface area contributed by atoms with E-state index in [1.807, 2.05) is 25.4 Å². The van der Waals surface area contributed by atoms with Gasteiger partial charge in [0, 0.05) is 37.7 Å². The summed E-state index contributed by atoms with van der Waals surface area (Å²) in [5.41, 5.74) is 7.96. The van der Waals surface area contributed by atoms with Crippen LogP contribution in [0.3, 0.4) is 0 Å². The second kappa shape index (κ2) is 9.48. The molecule has 4 aromatic rings. The van der Waals surface area contributed by atoms with E-state index in [1.54, 1.807) is 29.7 Å². The van der Waals surface area contributed by atoms with E-state index in [1.165, 1.54) is 0 Å². The van der Waals surface area contributed by atoms with Gasteiger partial charge in [-0.2, -0.15) is 4.98 Å². The average molecular weight is 462 g/mol. The first kappa shape index (κ1) is 23.2. The fourth-order valence-electron chi connectivity index (χ4n) is 3.49. The molecule has 34 heavy (non-hydrogen) atoms. The molecule has 4 aromatic heterocycles. The summed E-state index contributed by atoms with van der Waals surface area (Å²) in [5.74, 6) is 1.82. The maximum absolute atomic E-state index is 9.09. The van der Waals surface area contributed by atoms with Gasteiger partial charge in [0.05, 0.1) is 30.1 Å². The van der Waals surface area contributed by atoms with Crippen molar-refractivity contribution in [1.82, 2.24) is 35.1 Å². The highest BCUT2D eigenvalue weighted by Crippen LogP contribution is 2.38. The van der Waals surface area contributed by atoms with Gasteiger partial charge in [-0.3, -0.25) is 4.98 Å². The SMILES string of the molecule is CC(C)[C@](C)(c1ccc(-c2cnc(N)nc2)nc1)c1noc(-c2cnc(N(C)CCO)cn2)n1. The minimum atomic E-state index is -0.556. The third-order valence-corrected chi connectivity index (χ3v) is 6.06. The molecule has 0 radical (unpaired) electrons. The minimum absolute atomic E-state index is 0.0321. The van der Waals surface area contributed by atoms with Gasteiger partial charge in [0.25, 0.3) is 5.89 Å². The van der Waals surface area contributed by atoms with E-state index in [0.29, 0.717) is 23.9 Å². The van der Waals surface area contributed by atoms with Crippen molar-refractivity contribution < 1.29 is 9.63 Å². The van der Waals surface area contributed by atoms with Crippen molar-refractivity contribution in [1.29, 1.82) is 0 Å². The third-order valence-electron chi connectivity index (χ3n) is 6.06. The summed E-state index contributed by atoms with van der Waals surface area (Å²) in [7, 11) is 1.83. The van der Waals surface area contributed by atoms with Crippen LogP contribution in [0.25, 0.3) is 22.8 Å². The minimum Gasteiger partial charge on any atom is -0.395 e. The zero-order valence-electron chi connectivity index (χ0n) is 19.5. The first-order chi connectivity index (χ1) is 16.3. The average Bonchev–Trinajstić information content (AvgIpc) is 3.35. The molecule has 0 saturated heterocycles. The first-order valence-corrected chi connectivity index (χ1v) is 10.9. The van der Waals surface area contributed by atoms with Crippen molar-refractivity contribution >= 4 is 11.8 Å². The Morgan fingerprint density at radius 3 is 2.32 bits per heavy atom. The quantitative estimate of drug-likeness (QED) is 0.397. The molecule has 0 fully saturated rings. The second-order valence-corrected chi connectivity index (χ2v) is 8.45. The van der Waals surface area contributed by atoms with Crippen molar-refractivity contribution in [2.24, 2.45) is 5.92 Å². The molecule has 0 saturated carbocycles. The highest BCUT2D eigenvalue weighted by atomic mass is 16.5. The van der Waals surface area contributed by atoms with Gasteiger partial charge in [-0.15, -0.1) is 0 Å². The Morgan fingerprint density at radius 2 is 1.74 bits per heavy atom. The molecule has 0 bridgehead atoms. The van der Waals surface area contributed by atoms with E-state index < -0.39 is 5.41 Å². The number of aliphatic hydroxyl groups excluding tert-OH is 1. The number of rotatable bonds is 8. The Labute approximate surface area is 197 Å². The van der Waals surface area contributed by atoms with Gasteiger partial charge < -0.3 is 20.3 Å². The second-order valence-electron chi connectivity index (χ2n) is 8.45. The summed E-state index contributed by atoms with van der Waals surface area (Å²) >= 11 is 0. The maximum Gasteiger partial charge on any atom is 0.278 e. The van der Waals surface area contributed by atoms with Gasteiger partial charge >= 0.3 is 0 Å². The highest BCUT2D eigenvalue weighted by molar-refractivity contribution is 5.57. The van der Waals surface area contributed by atoms with Crippen LogP contribution in [-0.2, 0) is 5.41 Å². The summed E-state index contributed by atoms with van der Waals surface area (Å²) in [4.78, 5) is 27.9. The summed E-state index contributed by atoms with van der Waals surface area (Å²) in [6, 6.07) is 3.92. The molecule has 3 N–H and O–H groups in total. The Bertz CT molecular complexity index is 1220. The molecule has 0 aromatic carbocycles. The van der Waals surface area contributed by atoms with E-state index in [4.69, 9.17) is 15.4 Å². The van der Waals surface area contributed by atoms with E-state index >= 15 is 0 Å². The molecule has 0 aliphatic heterocycles. The number of nitrogens with two attached hydrogens (primary N) is 1. The van der Waals surface area contributed by atoms with Gasteiger partial charge in [-0.1, -0.05) is 25.1 Å². The van der Waals surface area contributed by atoms with E-state index in [-0.39, 0.29) is 24.4 Å². The van der Waals surface area contributed by atoms with Crippen LogP contribution in [0.15, 0.2) is 47.6 Å². The fourth-order valence-corrected chi connectivity index (χ4v) is 3.49. The van der Waals surface area contributed by atoms with Crippen molar-refractivity contribution in [2.75, 3.05) is 30.8 Å². The predicted octanol–water partition coefficient (Wildman–Crippen LogP) is 2.35. The normalized spacial score (nSPS) is 13.1. The molecule has 0 spiro atoms. The molecule has 0 aliphatic rings. The van der Waals surface area contributed by atoms with Crippen LogP contribution < -0.4 is 10.6 Å². The first-order valence-electron chi connectivity index (χ1n) is 10.9. The molecule has 0 amide bonds. The van der Waals surface area contributed by atoms with Gasteiger partial charge in [0.1, 0.15) is 11.5 Å². The van der Waals surface area contributed by atoms with Crippen molar-refractivity contribution in [3.63, 3.8) is 0 Å². The molecule has 11 nitrogen and oxygen atoms in total. The Morgan fingerprint density at radius 1 is 1.00 bits per heavy atom. The van der Waals surface area contributed by atoms with Crippen molar-refractivity contribution in [3.05, 3.63) is 54.5 Å². The lowest BCUT2D eigenvalue weighted by Crippen LogP contribution is -2.31. The van der Waals surface area contributed by atoms with Gasteiger partial charge in [-0.05, 0) is 24.5 Å². The molecule has 11 heteroatoms. The molecule has 0 aliphatic carbocycles. The molecular formula is C23H27N9O2. The number of anilines is 2. The fraction of sp³-hybridized carbons (Fsp3) is 0.348. The maximum atomic E-state index is 9.09. The van der Waals surface area contributed by atoms with E-state index in [2.05, 4.69) is 55.8 Å². The number of pyridine rings is 1. The Hall–Kier alpha value is -3.99. The Balaban J connectivity index is 1.62. The van der Waals surface area contributed by atoms with Crippen LogP contribution >= 0.6 is 0 Å². The number of hydrogen-bond donors (Lipinski definition) is 2. The van der Waals surface area contributed by atoms with Crippen LogP contribution in [0, 0.1) is 5.92 Å². The van der Waals surface area contributed by atoms with Gasteiger partial charge in [0.15, 0.2) is 5.82 Å². The number of aliphatic hydroxyl groups is 1. The number of hydrogen-bond acceptors (Lipinski definition) is 11. The smallest absolute Gasteiger partial charge is 0.278 e. The zero-order chi connectivity index (χ0) is 24.3. The summed E-state index contributed by atoms with van der Waals surface area (Å²) in [5, 5.41) is 13.4. The molecule has 4 rings (SSSR count). The van der Waals surface area contributed by atoms with Crippen LogP contribution in [-0.4, -0.2) is 60.4 Å². The number of nitrogens with zero attached hydrogens (tertiary/aromatic N) is 8. The largest absolute Gasteiger partial charge is 0.395 e. The van der Waals surface area contributed by atoms with Crippen molar-refractivity contribution in [3.8, 4) is 22.8 Å². The lowest BCUT2D eigenvalue weighted by molar-refractivity contribution is 0.304. The number of likely N-dealkylation sites (N-methyl/N-ethyl adjacent to an activating group) is 1. The lowest BCUT2D eigenvalue weighted by atomic mass is 9.73.